The summed E-state index contributed by atoms with van der Waals surface area (Å²) < 4.78 is 0. The molecule has 42 valence electrons. The molecule has 0 fully saturated rings. The van der Waals surface area contributed by atoms with Crippen molar-refractivity contribution in [3.63, 3.8) is 0 Å². The van der Waals surface area contributed by atoms with Gasteiger partial charge in [-0.3, -0.25) is 0 Å². The van der Waals surface area contributed by atoms with E-state index in [-0.39, 0.29) is 0 Å². The molecule has 0 amide bonds. The minimum atomic E-state index is 0.952. The molecular weight excluding hydrogens is 86.1 g/mol. The number of hydrogen-bond donors (Lipinski definition) is 1. The number of rotatable bonds is 4. The Morgan fingerprint density at radius 3 is 2.57 bits per heavy atom. The highest BCUT2D eigenvalue weighted by Crippen LogP contribution is 1.97. The van der Waals surface area contributed by atoms with E-state index in [4.69, 9.17) is 5.73 Å². The van der Waals surface area contributed by atoms with Gasteiger partial charge in [0, 0.05) is 0 Å². The molecule has 0 spiro atoms. The van der Waals surface area contributed by atoms with Crippen LogP contribution in [0.2, 0.25) is 0 Å². The van der Waals surface area contributed by atoms with Crippen molar-refractivity contribution < 1.29 is 0 Å². The van der Waals surface area contributed by atoms with Crippen LogP contribution in [-0.2, 0) is 0 Å². The SMILES string of the molecule is CCCCC[C]N. The van der Waals surface area contributed by atoms with Crippen LogP contribution in [0.3, 0.4) is 0 Å². The zero-order valence-corrected chi connectivity index (χ0v) is 4.91. The van der Waals surface area contributed by atoms with Gasteiger partial charge in [-0.1, -0.05) is 26.2 Å². The third-order valence-electron chi connectivity index (χ3n) is 0.925. The molecule has 2 radical (unpaired) electrons. The second-order valence-electron chi connectivity index (χ2n) is 1.66. The maximum Gasteiger partial charge on any atom is 0.0556 e. The second kappa shape index (κ2) is 5.96. The molecule has 0 aromatic heterocycles. The second-order valence-corrected chi connectivity index (χ2v) is 1.66. The van der Waals surface area contributed by atoms with E-state index >= 15 is 0 Å². The monoisotopic (exact) mass is 99.1 g/mol. The molecule has 0 heterocycles. The molecule has 1 nitrogen and oxygen atoms in total. The highest BCUT2D eigenvalue weighted by atomic mass is 14.5. The van der Waals surface area contributed by atoms with Crippen LogP contribution in [0.25, 0.3) is 0 Å². The quantitative estimate of drug-likeness (QED) is 0.420. The van der Waals surface area contributed by atoms with Crippen molar-refractivity contribution in [3.05, 3.63) is 6.54 Å². The largest absolute Gasteiger partial charge is 0.322 e. The van der Waals surface area contributed by atoms with Gasteiger partial charge in [-0.2, -0.15) is 0 Å². The highest BCUT2D eigenvalue weighted by Gasteiger charge is 1.81. The highest BCUT2D eigenvalue weighted by molar-refractivity contribution is 4.51. The molecule has 0 saturated heterocycles. The van der Waals surface area contributed by atoms with Crippen LogP contribution in [0, 0.1) is 6.54 Å². The number of unbranched alkanes of at least 4 members (excludes halogenated alkanes) is 3. The Kier molecular flexibility index (Phi) is 5.93. The van der Waals surface area contributed by atoms with Crippen LogP contribution >= 0.6 is 0 Å². The smallest absolute Gasteiger partial charge is 0.0556 e. The van der Waals surface area contributed by atoms with Gasteiger partial charge in [0.1, 0.15) is 0 Å². The first-order valence-electron chi connectivity index (χ1n) is 2.85. The van der Waals surface area contributed by atoms with Crippen molar-refractivity contribution >= 4 is 0 Å². The average molecular weight is 99.2 g/mol. The molecule has 0 aromatic carbocycles. The van der Waals surface area contributed by atoms with Gasteiger partial charge in [-0.15, -0.1) is 0 Å². The molecule has 0 aliphatic rings. The molecule has 0 rings (SSSR count). The summed E-state index contributed by atoms with van der Waals surface area (Å²) in [5.41, 5.74) is 5.02. The Morgan fingerprint density at radius 1 is 1.43 bits per heavy atom. The fourth-order valence-corrected chi connectivity index (χ4v) is 0.477. The molecular formula is C6H13N. The molecule has 0 aliphatic carbocycles. The van der Waals surface area contributed by atoms with E-state index in [0.29, 0.717) is 0 Å². The summed E-state index contributed by atoms with van der Waals surface area (Å²) >= 11 is 0. The molecule has 0 unspecified atom stereocenters. The zero-order valence-electron chi connectivity index (χ0n) is 4.91. The summed E-state index contributed by atoms with van der Waals surface area (Å²) in [6.07, 6.45) is 4.70. The van der Waals surface area contributed by atoms with Crippen molar-refractivity contribution in [1.29, 1.82) is 0 Å². The lowest BCUT2D eigenvalue weighted by molar-refractivity contribution is 0.707. The summed E-state index contributed by atoms with van der Waals surface area (Å²) in [6.45, 7) is 4.78. The van der Waals surface area contributed by atoms with Gasteiger partial charge >= 0.3 is 0 Å². The molecule has 1 heteroatoms. The Labute approximate surface area is 45.9 Å². The third kappa shape index (κ3) is 5.96. The lowest BCUT2D eigenvalue weighted by Crippen LogP contribution is -1.88. The lowest BCUT2D eigenvalue weighted by atomic mass is 10.2. The number of hydrogen-bond acceptors (Lipinski definition) is 1. The maximum absolute atomic E-state index is 5.02. The van der Waals surface area contributed by atoms with E-state index in [1.54, 1.807) is 0 Å². The fraction of sp³-hybridized carbons (Fsp3) is 0.833. The summed E-state index contributed by atoms with van der Waals surface area (Å²) in [4.78, 5) is 0. The molecule has 7 heavy (non-hydrogen) atoms. The van der Waals surface area contributed by atoms with E-state index in [0.717, 1.165) is 6.42 Å². The summed E-state index contributed by atoms with van der Waals surface area (Å²) in [6, 6.07) is 0. The van der Waals surface area contributed by atoms with Gasteiger partial charge < -0.3 is 5.73 Å². The van der Waals surface area contributed by atoms with Gasteiger partial charge in [-0.25, -0.2) is 0 Å². The van der Waals surface area contributed by atoms with Crippen LogP contribution in [0.5, 0.6) is 0 Å². The zero-order chi connectivity index (χ0) is 5.54. The van der Waals surface area contributed by atoms with E-state index in [1.165, 1.54) is 19.3 Å². The first kappa shape index (κ1) is 6.96. The van der Waals surface area contributed by atoms with Gasteiger partial charge in [0.05, 0.1) is 6.54 Å². The van der Waals surface area contributed by atoms with Crippen molar-refractivity contribution in [1.82, 2.24) is 0 Å². The van der Waals surface area contributed by atoms with Gasteiger partial charge in [-0.05, 0) is 6.42 Å². The Hall–Kier alpha value is -0.0400. The van der Waals surface area contributed by atoms with Crippen LogP contribution in [0.1, 0.15) is 32.6 Å². The van der Waals surface area contributed by atoms with E-state index in [9.17, 15) is 0 Å². The molecule has 0 aromatic rings. The summed E-state index contributed by atoms with van der Waals surface area (Å²) in [5, 5.41) is 0. The molecule has 0 aliphatic heterocycles. The normalized spacial score (nSPS) is 9.43. The summed E-state index contributed by atoms with van der Waals surface area (Å²) in [7, 11) is 0. The first-order chi connectivity index (χ1) is 3.41. The molecule has 2 N–H and O–H groups in total. The van der Waals surface area contributed by atoms with Crippen molar-refractivity contribution in [2.75, 3.05) is 0 Å². The van der Waals surface area contributed by atoms with Gasteiger partial charge in [0.25, 0.3) is 0 Å². The Balaban J connectivity index is 2.45. The minimum absolute atomic E-state index is 0.952. The summed E-state index contributed by atoms with van der Waals surface area (Å²) in [5.74, 6) is 0. The topological polar surface area (TPSA) is 26.0 Å². The molecule has 0 bridgehead atoms. The average Bonchev–Trinajstić information content (AvgIpc) is 1.69. The maximum atomic E-state index is 5.02. The van der Waals surface area contributed by atoms with Crippen LogP contribution < -0.4 is 5.73 Å². The van der Waals surface area contributed by atoms with Gasteiger partial charge in [0.2, 0.25) is 0 Å². The van der Waals surface area contributed by atoms with Crippen molar-refractivity contribution in [2.24, 2.45) is 5.73 Å². The molecule has 0 saturated carbocycles. The Bertz CT molecular complexity index is 23.4. The predicted molar refractivity (Wildman–Crippen MR) is 31.6 cm³/mol. The minimum Gasteiger partial charge on any atom is -0.322 e. The Morgan fingerprint density at radius 2 is 2.14 bits per heavy atom. The van der Waals surface area contributed by atoms with E-state index < -0.39 is 0 Å². The standard InChI is InChI=1S/C6H13N/c1-2-3-4-5-6-7/h2-5,7H2,1H3. The van der Waals surface area contributed by atoms with E-state index in [1.807, 2.05) is 0 Å². The van der Waals surface area contributed by atoms with Crippen molar-refractivity contribution in [3.8, 4) is 0 Å². The third-order valence-corrected chi connectivity index (χ3v) is 0.925. The van der Waals surface area contributed by atoms with Crippen molar-refractivity contribution in [2.45, 2.75) is 32.6 Å². The van der Waals surface area contributed by atoms with E-state index in [2.05, 4.69) is 13.5 Å². The van der Waals surface area contributed by atoms with Crippen LogP contribution in [0.15, 0.2) is 0 Å². The van der Waals surface area contributed by atoms with Crippen LogP contribution in [0.4, 0.5) is 0 Å². The van der Waals surface area contributed by atoms with Crippen LogP contribution in [-0.4, -0.2) is 0 Å². The lowest BCUT2D eigenvalue weighted by Gasteiger charge is -1.89. The first-order valence-corrected chi connectivity index (χ1v) is 2.85. The van der Waals surface area contributed by atoms with Gasteiger partial charge in [0.15, 0.2) is 0 Å². The predicted octanol–water partition coefficient (Wildman–Crippen LogP) is 1.56. The molecule has 0 atom stereocenters. The fourth-order valence-electron chi connectivity index (χ4n) is 0.477. The number of nitrogens with two attached hydrogens (primary N) is 1.